The first-order valence-electron chi connectivity index (χ1n) is 17.0. The van der Waals surface area contributed by atoms with Gasteiger partial charge in [-0.2, -0.15) is 5.26 Å². The van der Waals surface area contributed by atoms with E-state index in [0.717, 1.165) is 86.7 Å². The van der Waals surface area contributed by atoms with Crippen LogP contribution in [0.1, 0.15) is 55.6 Å². The molecule has 1 saturated heterocycles. The molecule has 1 aliphatic carbocycles. The van der Waals surface area contributed by atoms with Gasteiger partial charge in [-0.05, 0) is 67.2 Å². The minimum Gasteiger partial charge on any atom is -0.487 e. The summed E-state index contributed by atoms with van der Waals surface area (Å²) < 4.78 is 21.6. The Morgan fingerprint density at radius 3 is 2.64 bits per heavy atom. The van der Waals surface area contributed by atoms with Crippen LogP contribution in [0.3, 0.4) is 0 Å². The SMILES string of the molecule is C[C@@H](Cn1cnnn1)Oc1cc(-c2cnc(Nc3cn(C4CCC(N5CCOCC5)CC4)nc3OCCCc3nccs3)nc2)ccc1C#N. The fourth-order valence-corrected chi connectivity index (χ4v) is 7.15. The molecule has 0 unspecified atom stereocenters. The molecule has 0 spiro atoms. The van der Waals surface area contributed by atoms with Crippen molar-refractivity contribution in [3.05, 3.63) is 65.3 Å². The summed E-state index contributed by atoms with van der Waals surface area (Å²) in [6.45, 7) is 6.55. The number of hydrogen-bond acceptors (Lipinski definition) is 14. The molecule has 1 saturated carbocycles. The smallest absolute Gasteiger partial charge is 0.256 e. The Morgan fingerprint density at radius 2 is 1.90 bits per heavy atom. The van der Waals surface area contributed by atoms with Gasteiger partial charge < -0.3 is 19.5 Å². The van der Waals surface area contributed by atoms with Crippen LogP contribution in [0, 0.1) is 11.3 Å². The maximum atomic E-state index is 9.68. The number of rotatable bonds is 14. The summed E-state index contributed by atoms with van der Waals surface area (Å²) >= 11 is 1.66. The Morgan fingerprint density at radius 1 is 1.08 bits per heavy atom. The molecule has 0 amide bonds. The summed E-state index contributed by atoms with van der Waals surface area (Å²) in [6.07, 6.45) is 14.7. The molecule has 0 radical (unpaired) electrons. The van der Waals surface area contributed by atoms with Gasteiger partial charge in [0.1, 0.15) is 29.9 Å². The lowest BCUT2D eigenvalue weighted by Crippen LogP contribution is -2.45. The van der Waals surface area contributed by atoms with Crippen molar-refractivity contribution in [1.29, 1.82) is 5.26 Å². The number of ether oxygens (including phenoxy) is 3. The molecule has 1 aliphatic heterocycles. The first kappa shape index (κ1) is 33.5. The van der Waals surface area contributed by atoms with E-state index in [4.69, 9.17) is 19.3 Å². The number of morpholine rings is 1. The predicted octanol–water partition coefficient (Wildman–Crippen LogP) is 4.69. The third-order valence-corrected chi connectivity index (χ3v) is 9.89. The van der Waals surface area contributed by atoms with Gasteiger partial charge in [-0.15, -0.1) is 21.5 Å². The molecule has 1 aromatic carbocycles. The highest BCUT2D eigenvalue weighted by molar-refractivity contribution is 7.09. The molecule has 0 bridgehead atoms. The van der Waals surface area contributed by atoms with E-state index in [0.29, 0.717) is 48.4 Å². The maximum absolute atomic E-state index is 9.68. The van der Waals surface area contributed by atoms with Crippen LogP contribution in [0.2, 0.25) is 0 Å². The van der Waals surface area contributed by atoms with Gasteiger partial charge in [-0.25, -0.2) is 19.6 Å². The highest BCUT2D eigenvalue weighted by Gasteiger charge is 2.29. The Balaban J connectivity index is 1.03. The van der Waals surface area contributed by atoms with Gasteiger partial charge in [-0.1, -0.05) is 6.07 Å². The fourth-order valence-electron chi connectivity index (χ4n) is 6.49. The van der Waals surface area contributed by atoms with Crippen molar-refractivity contribution in [1.82, 2.24) is 49.8 Å². The van der Waals surface area contributed by atoms with E-state index in [1.165, 1.54) is 6.33 Å². The molecule has 1 atom stereocenters. The van der Waals surface area contributed by atoms with Crippen LogP contribution >= 0.6 is 11.3 Å². The van der Waals surface area contributed by atoms with E-state index in [2.05, 4.69) is 51.4 Å². The minimum absolute atomic E-state index is 0.270. The van der Waals surface area contributed by atoms with E-state index >= 15 is 0 Å². The average molecular weight is 697 g/mol. The summed E-state index contributed by atoms with van der Waals surface area (Å²) in [5, 5.41) is 32.3. The molecule has 7 rings (SSSR count). The van der Waals surface area contributed by atoms with Gasteiger partial charge in [0.25, 0.3) is 5.88 Å². The molecule has 2 aliphatic rings. The highest BCUT2D eigenvalue weighted by atomic mass is 32.1. The standard InChI is InChI=1S/C34H40N12O3S/c1-24(21-45-23-39-42-43-45)49-31-17-25(4-5-26(31)18-35)27-19-37-34(38-20-27)40-30-22-46(41-33(30)48-13-2-3-32-36-10-16-50-32)29-8-6-28(7-9-29)44-11-14-47-15-12-44/h4-5,10,16-17,19-20,22-24,28-29H,2-3,6-9,11-15,21H2,1H3,(H,37,38,40)/t24-,28?,29?/m0/s1. The molecule has 50 heavy (non-hydrogen) atoms. The van der Waals surface area contributed by atoms with Crippen molar-refractivity contribution in [3.63, 3.8) is 0 Å². The van der Waals surface area contributed by atoms with Crippen molar-refractivity contribution in [3.8, 4) is 28.8 Å². The molecule has 15 nitrogen and oxygen atoms in total. The lowest BCUT2D eigenvalue weighted by molar-refractivity contribution is 0.00503. The van der Waals surface area contributed by atoms with E-state index in [1.54, 1.807) is 34.5 Å². The van der Waals surface area contributed by atoms with Crippen LogP contribution < -0.4 is 14.8 Å². The zero-order chi connectivity index (χ0) is 34.1. The number of tetrazole rings is 1. The molecule has 5 heterocycles. The van der Waals surface area contributed by atoms with Crippen LogP contribution in [0.15, 0.2) is 54.7 Å². The number of benzene rings is 1. The van der Waals surface area contributed by atoms with Gasteiger partial charge in [0, 0.05) is 55.1 Å². The zero-order valence-electron chi connectivity index (χ0n) is 28.0. The van der Waals surface area contributed by atoms with Gasteiger partial charge >= 0.3 is 0 Å². The number of nitrogens with zero attached hydrogens (tertiary/aromatic N) is 11. The Bertz CT molecular complexity index is 1830. The van der Waals surface area contributed by atoms with E-state index < -0.39 is 0 Å². The normalized spacial score (nSPS) is 18.7. The molecule has 1 N–H and O–H groups in total. The van der Waals surface area contributed by atoms with Gasteiger partial charge in [0.2, 0.25) is 5.95 Å². The van der Waals surface area contributed by atoms with Crippen LogP contribution in [-0.4, -0.2) is 94.9 Å². The van der Waals surface area contributed by atoms with Crippen molar-refractivity contribution in [2.45, 2.75) is 70.2 Å². The van der Waals surface area contributed by atoms with Crippen molar-refractivity contribution in [2.24, 2.45) is 0 Å². The Kier molecular flexibility index (Phi) is 10.8. The fraction of sp³-hybridized carbons (Fsp3) is 0.471. The molecule has 5 aromatic rings. The third-order valence-electron chi connectivity index (χ3n) is 9.06. The first-order chi connectivity index (χ1) is 24.6. The van der Waals surface area contributed by atoms with E-state index in [-0.39, 0.29) is 6.10 Å². The Hall–Kier alpha value is -4.98. The number of aryl methyl sites for hydroxylation is 1. The molecular formula is C34H40N12O3S. The molecule has 16 heteroatoms. The molecular weight excluding hydrogens is 657 g/mol. The largest absolute Gasteiger partial charge is 0.487 e. The van der Waals surface area contributed by atoms with E-state index in [1.807, 2.05) is 36.8 Å². The van der Waals surface area contributed by atoms with Gasteiger partial charge in [-0.3, -0.25) is 9.58 Å². The first-order valence-corrected chi connectivity index (χ1v) is 17.9. The quantitative estimate of drug-likeness (QED) is 0.159. The van der Waals surface area contributed by atoms with Gasteiger partial charge in [0.05, 0.1) is 49.2 Å². The molecule has 260 valence electrons. The monoisotopic (exact) mass is 696 g/mol. The topological polar surface area (TPSA) is 167 Å². The number of nitrogens with one attached hydrogen (secondary N) is 1. The number of aromatic nitrogens is 9. The van der Waals surface area contributed by atoms with Crippen molar-refractivity contribution >= 4 is 23.0 Å². The summed E-state index contributed by atoms with van der Waals surface area (Å²) in [6, 6.07) is 8.54. The maximum Gasteiger partial charge on any atom is 0.256 e. The number of thiazole rings is 1. The number of nitriles is 1. The molecule has 4 aromatic heterocycles. The highest BCUT2D eigenvalue weighted by Crippen LogP contribution is 2.35. The molecule has 2 fully saturated rings. The predicted molar refractivity (Wildman–Crippen MR) is 185 cm³/mol. The van der Waals surface area contributed by atoms with Crippen LogP contribution in [0.4, 0.5) is 11.6 Å². The van der Waals surface area contributed by atoms with Crippen LogP contribution in [0.5, 0.6) is 11.6 Å². The lowest BCUT2D eigenvalue weighted by Gasteiger charge is -2.38. The van der Waals surface area contributed by atoms with E-state index in [9.17, 15) is 5.26 Å². The van der Waals surface area contributed by atoms with Crippen LogP contribution in [-0.2, 0) is 17.7 Å². The minimum atomic E-state index is -0.270. The van der Waals surface area contributed by atoms with Gasteiger partial charge in [0.15, 0.2) is 0 Å². The van der Waals surface area contributed by atoms with Crippen LogP contribution in [0.25, 0.3) is 11.1 Å². The lowest BCUT2D eigenvalue weighted by atomic mass is 9.90. The summed E-state index contributed by atoms with van der Waals surface area (Å²) in [7, 11) is 0. The second-order valence-electron chi connectivity index (χ2n) is 12.5. The Labute approximate surface area is 294 Å². The zero-order valence-corrected chi connectivity index (χ0v) is 28.8. The summed E-state index contributed by atoms with van der Waals surface area (Å²) in [5.74, 6) is 1.43. The van der Waals surface area contributed by atoms with Crippen molar-refractivity contribution < 1.29 is 14.2 Å². The summed E-state index contributed by atoms with van der Waals surface area (Å²) in [4.78, 5) is 16.2. The average Bonchev–Trinajstić information content (AvgIpc) is 3.95. The second kappa shape index (κ2) is 16.2. The summed E-state index contributed by atoms with van der Waals surface area (Å²) in [5.41, 5.74) is 2.77. The van der Waals surface area contributed by atoms with Crippen molar-refractivity contribution in [2.75, 3.05) is 38.2 Å². The third kappa shape index (κ3) is 8.41. The second-order valence-corrected chi connectivity index (χ2v) is 13.5. The number of anilines is 2. The number of hydrogen-bond donors (Lipinski definition) is 1.